The van der Waals surface area contributed by atoms with Gasteiger partial charge in [-0.2, -0.15) is 0 Å². The van der Waals surface area contributed by atoms with Crippen molar-refractivity contribution >= 4 is 5.78 Å². The smallest absolute Gasteiger partial charge is 0.140 e. The number of Topliss-reactive ketones (excluding diaryl/α,β-unsaturated/α-hetero) is 1. The number of carbonyl (C=O) groups excluding carboxylic acids is 1. The maximum absolute atomic E-state index is 12.2. The number of benzene rings is 1. The van der Waals surface area contributed by atoms with Crippen LogP contribution in [0.4, 0.5) is 0 Å². The molecule has 0 heterocycles. The topological polar surface area (TPSA) is 17.1 Å². The van der Waals surface area contributed by atoms with Crippen molar-refractivity contribution in [2.45, 2.75) is 51.9 Å². The van der Waals surface area contributed by atoms with E-state index in [4.69, 9.17) is 0 Å². The van der Waals surface area contributed by atoms with Crippen LogP contribution in [0.5, 0.6) is 0 Å². The van der Waals surface area contributed by atoms with Crippen LogP contribution in [0.2, 0.25) is 0 Å². The van der Waals surface area contributed by atoms with Crippen LogP contribution in [0, 0.1) is 5.92 Å². The Hall–Kier alpha value is -1.11. The fraction of sp³-hybridized carbons (Fsp3) is 0.562. The molecule has 17 heavy (non-hydrogen) atoms. The predicted molar refractivity (Wildman–Crippen MR) is 71.1 cm³/mol. The molecule has 0 aliphatic heterocycles. The van der Waals surface area contributed by atoms with Crippen molar-refractivity contribution < 1.29 is 4.79 Å². The molecule has 0 N–H and O–H groups in total. The molecule has 0 saturated heterocycles. The Morgan fingerprint density at radius 2 is 1.88 bits per heavy atom. The number of hydrogen-bond donors (Lipinski definition) is 0. The Bertz CT molecular complexity index is 375. The Labute approximate surface area is 104 Å². The highest BCUT2D eigenvalue weighted by molar-refractivity contribution is 5.83. The van der Waals surface area contributed by atoms with Gasteiger partial charge in [0.2, 0.25) is 0 Å². The van der Waals surface area contributed by atoms with E-state index in [9.17, 15) is 4.79 Å². The van der Waals surface area contributed by atoms with Crippen molar-refractivity contribution in [3.63, 3.8) is 0 Å². The molecule has 0 atom stereocenters. The molecule has 1 heteroatoms. The minimum atomic E-state index is 0.342. The van der Waals surface area contributed by atoms with Crippen LogP contribution in [0.3, 0.4) is 0 Å². The Morgan fingerprint density at radius 3 is 2.59 bits per heavy atom. The lowest BCUT2D eigenvalue weighted by molar-refractivity contribution is -0.123. The molecule has 1 aromatic rings. The van der Waals surface area contributed by atoms with Gasteiger partial charge in [-0.1, -0.05) is 50.5 Å². The lowest BCUT2D eigenvalue weighted by Crippen LogP contribution is -2.19. The molecule has 0 bridgehead atoms. The number of hydrogen-bond acceptors (Lipinski definition) is 1. The highest BCUT2D eigenvalue weighted by atomic mass is 16.1. The summed E-state index contributed by atoms with van der Waals surface area (Å²) >= 11 is 0. The second-order valence-electron chi connectivity index (χ2n) is 5.15. The monoisotopic (exact) mass is 230 g/mol. The zero-order valence-corrected chi connectivity index (χ0v) is 10.7. The summed E-state index contributed by atoms with van der Waals surface area (Å²) in [5.41, 5.74) is 2.53. The fourth-order valence-corrected chi connectivity index (χ4v) is 2.73. The lowest BCUT2D eigenvalue weighted by atomic mass is 9.84. The number of aryl methyl sites for hydroxylation is 1. The van der Waals surface area contributed by atoms with Gasteiger partial charge in [0.05, 0.1) is 0 Å². The van der Waals surface area contributed by atoms with E-state index in [0.29, 0.717) is 18.1 Å². The second-order valence-corrected chi connectivity index (χ2v) is 5.15. The van der Waals surface area contributed by atoms with Gasteiger partial charge in [0.25, 0.3) is 0 Å². The van der Waals surface area contributed by atoms with Gasteiger partial charge < -0.3 is 0 Å². The maximum Gasteiger partial charge on any atom is 0.140 e. The maximum atomic E-state index is 12.2. The summed E-state index contributed by atoms with van der Waals surface area (Å²) in [5, 5.41) is 0. The minimum absolute atomic E-state index is 0.342. The second kappa shape index (κ2) is 6.00. The Balaban J connectivity index is 1.96. The molecule has 1 aromatic carbocycles. The van der Waals surface area contributed by atoms with E-state index in [2.05, 4.69) is 31.2 Å². The van der Waals surface area contributed by atoms with Crippen LogP contribution in [0.15, 0.2) is 24.3 Å². The van der Waals surface area contributed by atoms with Crippen LogP contribution in [0.1, 0.15) is 50.2 Å². The summed E-state index contributed by atoms with van der Waals surface area (Å²) in [7, 11) is 0. The molecule has 0 amide bonds. The number of rotatable bonds is 4. The largest absolute Gasteiger partial charge is 0.299 e. The van der Waals surface area contributed by atoms with Crippen LogP contribution in [-0.2, 0) is 17.6 Å². The summed E-state index contributed by atoms with van der Waals surface area (Å²) in [6.45, 7) is 2.15. The summed E-state index contributed by atoms with van der Waals surface area (Å²) in [6, 6.07) is 8.47. The molecular weight excluding hydrogens is 208 g/mol. The SMILES string of the molecule is CCc1cccc(CC(=O)C2CCCCC2)c1. The lowest BCUT2D eigenvalue weighted by Gasteiger charge is -2.20. The predicted octanol–water partition coefficient (Wildman–Crippen LogP) is 3.94. The molecule has 1 fully saturated rings. The van der Waals surface area contributed by atoms with Gasteiger partial charge in [-0.05, 0) is 30.4 Å². The molecule has 2 rings (SSSR count). The van der Waals surface area contributed by atoms with Crippen LogP contribution in [-0.4, -0.2) is 5.78 Å². The molecule has 0 radical (unpaired) electrons. The average Bonchev–Trinajstić information content (AvgIpc) is 2.40. The molecule has 1 saturated carbocycles. The van der Waals surface area contributed by atoms with E-state index in [1.54, 1.807) is 0 Å². The van der Waals surface area contributed by atoms with Crippen molar-refractivity contribution in [2.75, 3.05) is 0 Å². The first kappa shape index (κ1) is 12.3. The highest BCUT2D eigenvalue weighted by Crippen LogP contribution is 2.25. The quantitative estimate of drug-likeness (QED) is 0.765. The van der Waals surface area contributed by atoms with Crippen molar-refractivity contribution in [2.24, 2.45) is 5.92 Å². The molecule has 1 aliphatic carbocycles. The first-order valence-electron chi connectivity index (χ1n) is 6.90. The van der Waals surface area contributed by atoms with Crippen molar-refractivity contribution in [1.29, 1.82) is 0 Å². The van der Waals surface area contributed by atoms with Crippen LogP contribution in [0.25, 0.3) is 0 Å². The van der Waals surface area contributed by atoms with Crippen LogP contribution < -0.4 is 0 Å². The van der Waals surface area contributed by atoms with Gasteiger partial charge in [-0.3, -0.25) is 4.79 Å². The summed E-state index contributed by atoms with van der Waals surface area (Å²) in [6.07, 6.45) is 7.72. The zero-order chi connectivity index (χ0) is 12.1. The van der Waals surface area contributed by atoms with E-state index in [0.717, 1.165) is 19.3 Å². The molecule has 0 aromatic heterocycles. The Morgan fingerprint density at radius 1 is 1.18 bits per heavy atom. The van der Waals surface area contributed by atoms with Gasteiger partial charge in [-0.25, -0.2) is 0 Å². The van der Waals surface area contributed by atoms with Gasteiger partial charge in [0, 0.05) is 12.3 Å². The molecule has 1 aliphatic rings. The van der Waals surface area contributed by atoms with E-state index in [-0.39, 0.29) is 0 Å². The molecule has 0 unspecified atom stereocenters. The third-order valence-electron chi connectivity index (χ3n) is 3.84. The third-order valence-corrected chi connectivity index (χ3v) is 3.84. The summed E-state index contributed by atoms with van der Waals surface area (Å²) < 4.78 is 0. The first-order valence-corrected chi connectivity index (χ1v) is 6.90. The van der Waals surface area contributed by atoms with Gasteiger partial charge in [0.1, 0.15) is 5.78 Å². The summed E-state index contributed by atoms with van der Waals surface area (Å²) in [5.74, 6) is 0.798. The minimum Gasteiger partial charge on any atom is -0.299 e. The van der Waals surface area contributed by atoms with E-state index in [1.165, 1.54) is 30.4 Å². The first-order chi connectivity index (χ1) is 8.29. The zero-order valence-electron chi connectivity index (χ0n) is 10.7. The van der Waals surface area contributed by atoms with Crippen molar-refractivity contribution in [1.82, 2.24) is 0 Å². The third kappa shape index (κ3) is 3.42. The standard InChI is InChI=1S/C16H22O/c1-2-13-7-6-8-14(11-13)12-16(17)15-9-4-3-5-10-15/h6-8,11,15H,2-5,9-10,12H2,1H3. The fourth-order valence-electron chi connectivity index (χ4n) is 2.73. The average molecular weight is 230 g/mol. The van der Waals surface area contributed by atoms with Gasteiger partial charge in [0.15, 0.2) is 0 Å². The van der Waals surface area contributed by atoms with E-state index >= 15 is 0 Å². The van der Waals surface area contributed by atoms with Gasteiger partial charge in [-0.15, -0.1) is 0 Å². The number of ketones is 1. The van der Waals surface area contributed by atoms with Crippen molar-refractivity contribution in [3.8, 4) is 0 Å². The number of carbonyl (C=O) groups is 1. The van der Waals surface area contributed by atoms with Crippen molar-refractivity contribution in [3.05, 3.63) is 35.4 Å². The normalized spacial score (nSPS) is 17.0. The van der Waals surface area contributed by atoms with Crippen LogP contribution >= 0.6 is 0 Å². The molecule has 1 nitrogen and oxygen atoms in total. The van der Waals surface area contributed by atoms with E-state index in [1.807, 2.05) is 0 Å². The molecular formula is C16H22O. The molecule has 0 spiro atoms. The Kier molecular flexibility index (Phi) is 4.36. The summed E-state index contributed by atoms with van der Waals surface area (Å²) in [4.78, 5) is 12.2. The highest BCUT2D eigenvalue weighted by Gasteiger charge is 2.20. The van der Waals surface area contributed by atoms with Gasteiger partial charge >= 0.3 is 0 Å². The van der Waals surface area contributed by atoms with E-state index < -0.39 is 0 Å². The molecule has 92 valence electrons.